The monoisotopic (exact) mass is 297 g/mol. The van der Waals surface area contributed by atoms with E-state index in [4.69, 9.17) is 0 Å². The Hall–Kier alpha value is -1.98. The molecule has 1 heterocycles. The second-order valence-corrected chi connectivity index (χ2v) is 5.96. The molecule has 1 unspecified atom stereocenters. The highest BCUT2D eigenvalue weighted by molar-refractivity contribution is 5.97. The van der Waals surface area contributed by atoms with E-state index in [9.17, 15) is 23.5 Å². The molecule has 1 fully saturated rings. The number of likely N-dealkylation sites (tertiary alicyclic amines) is 1. The summed E-state index contributed by atoms with van der Waals surface area (Å²) >= 11 is 0. The second kappa shape index (κ2) is 5.42. The van der Waals surface area contributed by atoms with Gasteiger partial charge in [0.05, 0.1) is 5.56 Å². The van der Waals surface area contributed by atoms with Crippen molar-refractivity contribution >= 4 is 11.9 Å². The smallest absolute Gasteiger partial charge is 0.326 e. The second-order valence-electron chi connectivity index (χ2n) is 5.96. The minimum absolute atomic E-state index is 0.246. The summed E-state index contributed by atoms with van der Waals surface area (Å²) in [4.78, 5) is 25.1. The Morgan fingerprint density at radius 2 is 2.00 bits per heavy atom. The van der Waals surface area contributed by atoms with Crippen molar-refractivity contribution in [1.29, 1.82) is 0 Å². The Morgan fingerprint density at radius 1 is 1.33 bits per heavy atom. The van der Waals surface area contributed by atoms with Gasteiger partial charge in [0, 0.05) is 12.6 Å². The van der Waals surface area contributed by atoms with Crippen molar-refractivity contribution in [3.8, 4) is 0 Å². The molecule has 0 radical (unpaired) electrons. The van der Waals surface area contributed by atoms with Crippen LogP contribution in [0.2, 0.25) is 0 Å². The number of amides is 1. The van der Waals surface area contributed by atoms with Gasteiger partial charge in [-0.25, -0.2) is 13.6 Å². The molecule has 114 valence electrons. The summed E-state index contributed by atoms with van der Waals surface area (Å²) in [7, 11) is 0. The van der Waals surface area contributed by atoms with Crippen LogP contribution in [-0.2, 0) is 4.79 Å². The molecule has 21 heavy (non-hydrogen) atoms. The van der Waals surface area contributed by atoms with Crippen LogP contribution in [0.4, 0.5) is 8.78 Å². The zero-order chi connectivity index (χ0) is 15.8. The lowest BCUT2D eigenvalue weighted by Gasteiger charge is -2.44. The number of hydrogen-bond acceptors (Lipinski definition) is 2. The Kier molecular flexibility index (Phi) is 3.98. The molecule has 1 amide bonds. The predicted octanol–water partition coefficient (Wildman–Crippen LogP) is 2.68. The first-order chi connectivity index (χ1) is 9.74. The average Bonchev–Trinajstić information content (AvgIpc) is 2.36. The van der Waals surface area contributed by atoms with E-state index in [2.05, 4.69) is 0 Å². The number of carbonyl (C=O) groups excluding carboxylic acids is 1. The maximum atomic E-state index is 13.7. The number of carboxylic acid groups (broad SMARTS) is 1. The predicted molar refractivity (Wildman–Crippen MR) is 71.8 cm³/mol. The summed E-state index contributed by atoms with van der Waals surface area (Å²) in [6.07, 6.45) is 1.31. The first kappa shape index (κ1) is 15.4. The summed E-state index contributed by atoms with van der Waals surface area (Å²) in [5.41, 5.74) is -0.906. The van der Waals surface area contributed by atoms with Crippen molar-refractivity contribution in [1.82, 2.24) is 4.90 Å². The molecular weight excluding hydrogens is 280 g/mol. The van der Waals surface area contributed by atoms with Crippen LogP contribution in [0, 0.1) is 17.0 Å². The van der Waals surface area contributed by atoms with Gasteiger partial charge < -0.3 is 10.0 Å². The third kappa shape index (κ3) is 2.89. The summed E-state index contributed by atoms with van der Waals surface area (Å²) in [5, 5.41) is 9.41. The fraction of sp³-hybridized carbons (Fsp3) is 0.467. The third-order valence-corrected chi connectivity index (χ3v) is 3.93. The minimum atomic E-state index is -1.12. The minimum Gasteiger partial charge on any atom is -0.480 e. The number of benzene rings is 1. The highest BCUT2D eigenvalue weighted by atomic mass is 19.1. The molecule has 1 atom stereocenters. The highest BCUT2D eigenvalue weighted by Gasteiger charge is 2.45. The summed E-state index contributed by atoms with van der Waals surface area (Å²) in [5.74, 6) is -3.59. The van der Waals surface area contributed by atoms with Gasteiger partial charge in [-0.05, 0) is 30.4 Å². The fourth-order valence-electron chi connectivity index (χ4n) is 2.90. The van der Waals surface area contributed by atoms with E-state index < -0.39 is 35.0 Å². The molecule has 1 aromatic rings. The van der Waals surface area contributed by atoms with E-state index in [0.29, 0.717) is 18.9 Å². The van der Waals surface area contributed by atoms with Gasteiger partial charge in [0.25, 0.3) is 5.91 Å². The molecule has 0 aromatic heterocycles. The average molecular weight is 297 g/mol. The molecule has 1 aromatic carbocycles. The largest absolute Gasteiger partial charge is 0.480 e. The Balaban J connectivity index is 2.38. The molecule has 0 spiro atoms. The lowest BCUT2D eigenvalue weighted by Crippen LogP contribution is -2.56. The van der Waals surface area contributed by atoms with Crippen molar-refractivity contribution in [3.63, 3.8) is 0 Å². The number of halogens is 2. The normalized spacial score (nSPS) is 21.1. The molecule has 4 nitrogen and oxygen atoms in total. The van der Waals surface area contributed by atoms with Crippen LogP contribution in [-0.4, -0.2) is 34.5 Å². The fourth-order valence-corrected chi connectivity index (χ4v) is 2.90. The molecule has 0 aliphatic carbocycles. The van der Waals surface area contributed by atoms with Crippen LogP contribution in [0.1, 0.15) is 37.0 Å². The number of carbonyl (C=O) groups is 2. The first-order valence-electron chi connectivity index (χ1n) is 6.73. The van der Waals surface area contributed by atoms with Crippen LogP contribution >= 0.6 is 0 Å². The van der Waals surface area contributed by atoms with Crippen molar-refractivity contribution < 1.29 is 23.5 Å². The van der Waals surface area contributed by atoms with Gasteiger partial charge in [-0.3, -0.25) is 4.79 Å². The van der Waals surface area contributed by atoms with E-state index in [1.807, 2.05) is 0 Å². The topological polar surface area (TPSA) is 57.6 Å². The van der Waals surface area contributed by atoms with Crippen LogP contribution in [0.15, 0.2) is 18.2 Å². The van der Waals surface area contributed by atoms with Crippen molar-refractivity contribution in [3.05, 3.63) is 35.4 Å². The molecule has 1 aliphatic heterocycles. The molecule has 1 N–H and O–H groups in total. The van der Waals surface area contributed by atoms with Gasteiger partial charge in [-0.2, -0.15) is 0 Å². The van der Waals surface area contributed by atoms with Crippen molar-refractivity contribution in [2.45, 2.75) is 32.7 Å². The quantitative estimate of drug-likeness (QED) is 0.913. The zero-order valence-electron chi connectivity index (χ0n) is 11.9. The van der Waals surface area contributed by atoms with Crippen LogP contribution in [0.25, 0.3) is 0 Å². The Morgan fingerprint density at radius 3 is 2.57 bits per heavy atom. The van der Waals surface area contributed by atoms with E-state index in [-0.39, 0.29) is 12.1 Å². The SMILES string of the molecule is CC1(C)CCCN(C(=O)c2ccc(F)cc2F)C1C(=O)O. The summed E-state index contributed by atoms with van der Waals surface area (Å²) in [6, 6.07) is 1.63. The molecule has 6 heteroatoms. The van der Waals surface area contributed by atoms with Crippen LogP contribution in [0.3, 0.4) is 0 Å². The molecule has 1 saturated heterocycles. The van der Waals surface area contributed by atoms with Gasteiger partial charge in [0.15, 0.2) is 0 Å². The van der Waals surface area contributed by atoms with Crippen LogP contribution < -0.4 is 0 Å². The number of carboxylic acids is 1. The third-order valence-electron chi connectivity index (χ3n) is 3.93. The van der Waals surface area contributed by atoms with Crippen molar-refractivity contribution in [2.24, 2.45) is 5.41 Å². The number of piperidine rings is 1. The van der Waals surface area contributed by atoms with Crippen molar-refractivity contribution in [2.75, 3.05) is 6.54 Å². The standard InChI is InChI=1S/C15H17F2NO3/c1-15(2)6-3-7-18(12(15)14(20)21)13(19)10-5-4-9(16)8-11(10)17/h4-5,8,12H,3,6-7H2,1-2H3,(H,20,21). The maximum Gasteiger partial charge on any atom is 0.326 e. The summed E-state index contributed by atoms with van der Waals surface area (Å²) < 4.78 is 26.7. The molecule has 0 bridgehead atoms. The number of aliphatic carboxylic acids is 1. The zero-order valence-corrected chi connectivity index (χ0v) is 11.9. The van der Waals surface area contributed by atoms with E-state index >= 15 is 0 Å². The van der Waals surface area contributed by atoms with Gasteiger partial charge in [-0.15, -0.1) is 0 Å². The first-order valence-corrected chi connectivity index (χ1v) is 6.73. The van der Waals surface area contributed by atoms with Gasteiger partial charge in [0.1, 0.15) is 17.7 Å². The molecule has 1 aliphatic rings. The van der Waals surface area contributed by atoms with Gasteiger partial charge >= 0.3 is 5.97 Å². The molecule has 2 rings (SSSR count). The summed E-state index contributed by atoms with van der Waals surface area (Å²) in [6.45, 7) is 3.79. The van der Waals surface area contributed by atoms with E-state index in [0.717, 1.165) is 12.1 Å². The Labute approximate surface area is 121 Å². The number of hydrogen-bond donors (Lipinski definition) is 1. The van der Waals surface area contributed by atoms with E-state index in [1.54, 1.807) is 13.8 Å². The lowest BCUT2D eigenvalue weighted by molar-refractivity contribution is -0.148. The Bertz CT molecular complexity index is 586. The highest BCUT2D eigenvalue weighted by Crippen LogP contribution is 2.36. The van der Waals surface area contributed by atoms with E-state index in [1.165, 1.54) is 4.90 Å². The van der Waals surface area contributed by atoms with Gasteiger partial charge in [0.2, 0.25) is 0 Å². The lowest BCUT2D eigenvalue weighted by atomic mass is 9.76. The molecular formula is C15H17F2NO3. The molecule has 0 saturated carbocycles. The number of rotatable bonds is 2. The number of nitrogens with zero attached hydrogens (tertiary/aromatic N) is 1. The van der Waals surface area contributed by atoms with Crippen LogP contribution in [0.5, 0.6) is 0 Å². The maximum absolute atomic E-state index is 13.7. The van der Waals surface area contributed by atoms with Gasteiger partial charge in [-0.1, -0.05) is 13.8 Å².